The molecule has 0 atom stereocenters. The highest BCUT2D eigenvalue weighted by Gasteiger charge is 2.08. The van der Waals surface area contributed by atoms with Gasteiger partial charge in [-0.2, -0.15) is 0 Å². The van der Waals surface area contributed by atoms with E-state index in [4.69, 9.17) is 5.11 Å². The lowest BCUT2D eigenvalue weighted by Gasteiger charge is -2.15. The van der Waals surface area contributed by atoms with Crippen LogP contribution in [0.15, 0.2) is 6.07 Å². The smallest absolute Gasteiger partial charge is 0.220 e. The number of aliphatic hydroxyl groups excluding tert-OH is 1. The Hall–Kier alpha value is -1.35. The van der Waals surface area contributed by atoms with Gasteiger partial charge in [0.25, 0.3) is 0 Å². The summed E-state index contributed by atoms with van der Waals surface area (Å²) in [6, 6.07) is 2.22. The van der Waals surface area contributed by atoms with Crippen molar-refractivity contribution in [1.29, 1.82) is 0 Å². The fourth-order valence-corrected chi connectivity index (χ4v) is 2.33. The molecular formula is C16H25NO2. The Balaban J connectivity index is 2.61. The van der Waals surface area contributed by atoms with Gasteiger partial charge >= 0.3 is 0 Å². The topological polar surface area (TPSA) is 49.3 Å². The van der Waals surface area contributed by atoms with Crippen LogP contribution in [0.1, 0.15) is 40.7 Å². The molecule has 2 N–H and O–H groups in total. The molecule has 0 heterocycles. The van der Waals surface area contributed by atoms with Crippen LogP contribution in [0.5, 0.6) is 0 Å². The summed E-state index contributed by atoms with van der Waals surface area (Å²) in [7, 11) is 0. The zero-order valence-corrected chi connectivity index (χ0v) is 12.5. The van der Waals surface area contributed by atoms with Crippen molar-refractivity contribution in [2.45, 2.75) is 47.0 Å². The summed E-state index contributed by atoms with van der Waals surface area (Å²) in [5.74, 6) is 0.0220. The van der Waals surface area contributed by atoms with Gasteiger partial charge in [-0.05, 0) is 68.4 Å². The highest BCUT2D eigenvalue weighted by Crippen LogP contribution is 2.21. The minimum Gasteiger partial charge on any atom is -0.396 e. The lowest BCUT2D eigenvalue weighted by Crippen LogP contribution is -2.26. The van der Waals surface area contributed by atoms with Gasteiger partial charge in [0.1, 0.15) is 0 Å². The van der Waals surface area contributed by atoms with Gasteiger partial charge in [0.15, 0.2) is 0 Å². The van der Waals surface area contributed by atoms with E-state index in [0.29, 0.717) is 19.4 Å². The van der Waals surface area contributed by atoms with Crippen LogP contribution in [0.25, 0.3) is 0 Å². The maximum Gasteiger partial charge on any atom is 0.220 e. The van der Waals surface area contributed by atoms with Crippen molar-refractivity contribution in [2.24, 2.45) is 0 Å². The Kier molecular flexibility index (Phi) is 6.03. The van der Waals surface area contributed by atoms with Gasteiger partial charge in [-0.15, -0.1) is 0 Å². The number of aliphatic hydroxyl groups is 1. The van der Waals surface area contributed by atoms with Gasteiger partial charge in [0, 0.05) is 19.6 Å². The van der Waals surface area contributed by atoms with Crippen molar-refractivity contribution in [3.05, 3.63) is 33.9 Å². The number of aryl methyl sites for hydroxylation is 2. The zero-order valence-electron chi connectivity index (χ0n) is 12.5. The number of benzene rings is 1. The van der Waals surface area contributed by atoms with Gasteiger partial charge < -0.3 is 10.4 Å². The average molecular weight is 263 g/mol. The Morgan fingerprint density at radius 2 is 1.74 bits per heavy atom. The Labute approximate surface area is 116 Å². The molecule has 0 spiro atoms. The van der Waals surface area contributed by atoms with E-state index in [1.807, 2.05) is 0 Å². The number of nitrogens with one attached hydrogen (secondary N) is 1. The highest BCUT2D eigenvalue weighted by atomic mass is 16.3. The first-order valence-corrected chi connectivity index (χ1v) is 6.91. The number of carbonyl (C=O) groups excluding carboxylic acids is 1. The first-order valence-electron chi connectivity index (χ1n) is 6.91. The van der Waals surface area contributed by atoms with E-state index in [0.717, 1.165) is 6.42 Å². The van der Waals surface area contributed by atoms with Crippen LogP contribution in [-0.2, 0) is 11.2 Å². The molecule has 0 aromatic heterocycles. The second kappa shape index (κ2) is 7.29. The van der Waals surface area contributed by atoms with Crippen LogP contribution < -0.4 is 5.32 Å². The molecule has 0 saturated heterocycles. The van der Waals surface area contributed by atoms with Gasteiger partial charge in [-0.3, -0.25) is 4.79 Å². The number of amides is 1. The molecule has 0 fully saturated rings. The minimum atomic E-state index is 0.0220. The molecule has 0 aliphatic carbocycles. The summed E-state index contributed by atoms with van der Waals surface area (Å²) in [6.07, 6.45) is 1.81. The van der Waals surface area contributed by atoms with Crippen molar-refractivity contribution in [1.82, 2.24) is 5.32 Å². The SMILES string of the molecule is Cc1cc(C)c(C)c(CCNC(=O)CCCO)c1C. The quantitative estimate of drug-likeness (QED) is 0.827. The summed E-state index contributed by atoms with van der Waals surface area (Å²) in [6.45, 7) is 9.28. The lowest BCUT2D eigenvalue weighted by molar-refractivity contribution is -0.121. The van der Waals surface area contributed by atoms with Crippen LogP contribution >= 0.6 is 0 Å². The molecular weight excluding hydrogens is 238 g/mol. The Morgan fingerprint density at radius 3 is 2.26 bits per heavy atom. The number of carbonyl (C=O) groups is 1. The van der Waals surface area contributed by atoms with E-state index in [-0.39, 0.29) is 12.5 Å². The van der Waals surface area contributed by atoms with E-state index in [9.17, 15) is 4.79 Å². The molecule has 3 nitrogen and oxygen atoms in total. The predicted molar refractivity (Wildman–Crippen MR) is 78.4 cm³/mol. The fourth-order valence-electron chi connectivity index (χ4n) is 2.33. The van der Waals surface area contributed by atoms with E-state index in [1.165, 1.54) is 27.8 Å². The molecule has 0 bridgehead atoms. The second-order valence-electron chi connectivity index (χ2n) is 5.17. The number of rotatable bonds is 6. The van der Waals surface area contributed by atoms with Crippen molar-refractivity contribution in [2.75, 3.05) is 13.2 Å². The van der Waals surface area contributed by atoms with E-state index in [1.54, 1.807) is 0 Å². The maximum absolute atomic E-state index is 11.5. The summed E-state index contributed by atoms with van der Waals surface area (Å²) < 4.78 is 0. The van der Waals surface area contributed by atoms with Crippen molar-refractivity contribution >= 4 is 5.91 Å². The first-order chi connectivity index (χ1) is 8.97. The normalized spacial score (nSPS) is 10.6. The third-order valence-electron chi connectivity index (χ3n) is 3.78. The van der Waals surface area contributed by atoms with Crippen molar-refractivity contribution < 1.29 is 9.90 Å². The Morgan fingerprint density at radius 1 is 1.16 bits per heavy atom. The number of hydrogen-bond donors (Lipinski definition) is 2. The molecule has 0 saturated carbocycles. The van der Waals surface area contributed by atoms with Crippen molar-refractivity contribution in [3.63, 3.8) is 0 Å². The van der Waals surface area contributed by atoms with Crippen LogP contribution in [0.2, 0.25) is 0 Å². The molecule has 3 heteroatoms. The standard InChI is InChI=1S/C16H25NO2/c1-11-10-12(2)14(4)15(13(11)3)7-8-17-16(19)6-5-9-18/h10,18H,5-9H2,1-4H3,(H,17,19). The third-order valence-corrected chi connectivity index (χ3v) is 3.78. The summed E-state index contributed by atoms with van der Waals surface area (Å²) in [4.78, 5) is 11.5. The number of hydrogen-bond acceptors (Lipinski definition) is 2. The zero-order chi connectivity index (χ0) is 14.4. The van der Waals surface area contributed by atoms with E-state index in [2.05, 4.69) is 39.1 Å². The summed E-state index contributed by atoms with van der Waals surface area (Å²) >= 11 is 0. The molecule has 0 aliphatic rings. The molecule has 19 heavy (non-hydrogen) atoms. The van der Waals surface area contributed by atoms with Gasteiger partial charge in [-0.25, -0.2) is 0 Å². The molecule has 1 aromatic rings. The van der Waals surface area contributed by atoms with Crippen LogP contribution in [0.4, 0.5) is 0 Å². The summed E-state index contributed by atoms with van der Waals surface area (Å²) in [5.41, 5.74) is 6.62. The van der Waals surface area contributed by atoms with Gasteiger partial charge in [0.05, 0.1) is 0 Å². The van der Waals surface area contributed by atoms with Crippen molar-refractivity contribution in [3.8, 4) is 0 Å². The lowest BCUT2D eigenvalue weighted by atomic mass is 9.92. The average Bonchev–Trinajstić information content (AvgIpc) is 2.38. The van der Waals surface area contributed by atoms with Crippen LogP contribution in [-0.4, -0.2) is 24.2 Å². The fraction of sp³-hybridized carbons (Fsp3) is 0.562. The largest absolute Gasteiger partial charge is 0.396 e. The van der Waals surface area contributed by atoms with E-state index >= 15 is 0 Å². The molecule has 1 amide bonds. The first kappa shape index (κ1) is 15.7. The van der Waals surface area contributed by atoms with Gasteiger partial charge in [0.2, 0.25) is 5.91 Å². The third kappa shape index (κ3) is 4.35. The monoisotopic (exact) mass is 263 g/mol. The summed E-state index contributed by atoms with van der Waals surface area (Å²) in [5, 5.41) is 11.6. The predicted octanol–water partition coefficient (Wildman–Crippen LogP) is 2.35. The van der Waals surface area contributed by atoms with Crippen LogP contribution in [0.3, 0.4) is 0 Å². The second-order valence-corrected chi connectivity index (χ2v) is 5.17. The Bertz CT molecular complexity index is 426. The highest BCUT2D eigenvalue weighted by molar-refractivity contribution is 5.75. The molecule has 0 radical (unpaired) electrons. The maximum atomic E-state index is 11.5. The molecule has 0 aliphatic heterocycles. The van der Waals surface area contributed by atoms with Gasteiger partial charge in [-0.1, -0.05) is 6.07 Å². The minimum absolute atomic E-state index is 0.0220. The molecule has 106 valence electrons. The van der Waals surface area contributed by atoms with E-state index < -0.39 is 0 Å². The van der Waals surface area contributed by atoms with Crippen LogP contribution in [0, 0.1) is 27.7 Å². The molecule has 0 unspecified atom stereocenters. The molecule has 1 aromatic carbocycles. The molecule has 1 rings (SSSR count).